The Morgan fingerprint density at radius 1 is 1.06 bits per heavy atom. The number of nitrogens with one attached hydrogen (secondary N) is 1. The fourth-order valence-corrected chi connectivity index (χ4v) is 4.86. The van der Waals surface area contributed by atoms with Gasteiger partial charge >= 0.3 is 0 Å². The summed E-state index contributed by atoms with van der Waals surface area (Å²) in [4.78, 5) is 27.5. The Kier molecular flexibility index (Phi) is 6.28. The van der Waals surface area contributed by atoms with Crippen molar-refractivity contribution >= 4 is 35.0 Å². The number of para-hydroxylation sites is 1. The maximum absolute atomic E-state index is 12.9. The number of amides is 2. The second-order valence-corrected chi connectivity index (χ2v) is 8.28. The number of rotatable bonds is 6. The number of anilines is 2. The molecule has 0 unspecified atom stereocenters. The topological polar surface area (TPSA) is 58.6 Å². The van der Waals surface area contributed by atoms with Crippen molar-refractivity contribution in [3.8, 4) is 5.75 Å². The molecule has 3 aromatic carbocycles. The Morgan fingerprint density at radius 2 is 1.77 bits per heavy atom. The average Bonchev–Trinajstić information content (AvgIpc) is 3.16. The lowest BCUT2D eigenvalue weighted by Gasteiger charge is -2.26. The van der Waals surface area contributed by atoms with Gasteiger partial charge in [0.05, 0.1) is 12.4 Å². The zero-order valence-corrected chi connectivity index (χ0v) is 18.3. The van der Waals surface area contributed by atoms with Crippen LogP contribution in [0.15, 0.2) is 72.8 Å². The van der Waals surface area contributed by atoms with Crippen LogP contribution < -0.4 is 15.0 Å². The minimum atomic E-state index is -0.223. The van der Waals surface area contributed by atoms with Crippen molar-refractivity contribution in [2.24, 2.45) is 0 Å². The van der Waals surface area contributed by atoms with Gasteiger partial charge in [0.25, 0.3) is 5.91 Å². The van der Waals surface area contributed by atoms with Crippen molar-refractivity contribution in [1.29, 1.82) is 0 Å². The van der Waals surface area contributed by atoms with Crippen LogP contribution in [0.1, 0.15) is 33.8 Å². The van der Waals surface area contributed by atoms with E-state index in [1.54, 1.807) is 16.7 Å². The van der Waals surface area contributed by atoms with Crippen LogP contribution in [0.2, 0.25) is 0 Å². The largest absolute Gasteiger partial charge is 0.494 e. The molecule has 1 aliphatic heterocycles. The summed E-state index contributed by atoms with van der Waals surface area (Å²) in [6.07, 6.45) is 0. The van der Waals surface area contributed by atoms with Crippen LogP contribution in [0.3, 0.4) is 0 Å². The Morgan fingerprint density at radius 3 is 2.52 bits per heavy atom. The molecule has 1 N–H and O–H groups in total. The Bertz CT molecular complexity index is 1100. The first-order valence-corrected chi connectivity index (χ1v) is 11.3. The molecule has 0 spiro atoms. The van der Waals surface area contributed by atoms with Gasteiger partial charge in [0.15, 0.2) is 0 Å². The van der Waals surface area contributed by atoms with E-state index in [4.69, 9.17) is 4.74 Å². The molecule has 4 rings (SSSR count). The molecule has 5 nitrogen and oxygen atoms in total. The molecule has 158 valence electrons. The highest BCUT2D eigenvalue weighted by atomic mass is 32.2. The maximum atomic E-state index is 12.9. The van der Waals surface area contributed by atoms with Crippen LogP contribution in [0, 0.1) is 6.92 Å². The summed E-state index contributed by atoms with van der Waals surface area (Å²) in [5, 5.41) is 2.82. The van der Waals surface area contributed by atoms with E-state index in [2.05, 4.69) is 5.32 Å². The quantitative estimate of drug-likeness (QED) is 0.565. The predicted molar refractivity (Wildman–Crippen MR) is 126 cm³/mol. The summed E-state index contributed by atoms with van der Waals surface area (Å²) >= 11 is 1.56. The molecule has 1 saturated heterocycles. The molecule has 1 atom stereocenters. The van der Waals surface area contributed by atoms with E-state index in [9.17, 15) is 9.59 Å². The van der Waals surface area contributed by atoms with E-state index in [1.165, 1.54) is 0 Å². The van der Waals surface area contributed by atoms with E-state index in [-0.39, 0.29) is 17.2 Å². The molecule has 2 amide bonds. The first-order chi connectivity index (χ1) is 15.1. The highest BCUT2D eigenvalue weighted by Gasteiger charge is 2.35. The molecule has 0 radical (unpaired) electrons. The van der Waals surface area contributed by atoms with Gasteiger partial charge in [0, 0.05) is 22.5 Å². The summed E-state index contributed by atoms with van der Waals surface area (Å²) in [7, 11) is 0. The van der Waals surface area contributed by atoms with Gasteiger partial charge in [-0.15, -0.1) is 11.8 Å². The zero-order chi connectivity index (χ0) is 21.8. The van der Waals surface area contributed by atoms with E-state index < -0.39 is 0 Å². The first-order valence-electron chi connectivity index (χ1n) is 10.2. The van der Waals surface area contributed by atoms with E-state index in [0.29, 0.717) is 23.6 Å². The minimum absolute atomic E-state index is 0.0409. The van der Waals surface area contributed by atoms with Crippen molar-refractivity contribution in [3.63, 3.8) is 0 Å². The summed E-state index contributed by atoms with van der Waals surface area (Å²) in [6.45, 7) is 4.45. The number of hydrogen-bond donors (Lipinski definition) is 1. The number of carbonyl (C=O) groups excluding carboxylic acids is 2. The Hall–Kier alpha value is -3.25. The molecule has 6 heteroatoms. The lowest BCUT2D eigenvalue weighted by atomic mass is 10.1. The predicted octanol–water partition coefficient (Wildman–Crippen LogP) is 5.42. The average molecular weight is 433 g/mol. The number of nitrogens with zero attached hydrogens (tertiary/aromatic N) is 1. The molecule has 3 aromatic rings. The SMILES string of the molecule is CCOc1ccc(N2C(=O)CS[C@@H]2c2ccccc2NC(=O)c2ccccc2C)cc1. The van der Waals surface area contributed by atoms with Gasteiger partial charge in [0.2, 0.25) is 5.91 Å². The summed E-state index contributed by atoms with van der Waals surface area (Å²) in [6, 6.07) is 22.7. The fourth-order valence-electron chi connectivity index (χ4n) is 3.65. The van der Waals surface area contributed by atoms with Crippen LogP contribution in [0.25, 0.3) is 0 Å². The zero-order valence-electron chi connectivity index (χ0n) is 17.5. The molecule has 31 heavy (non-hydrogen) atoms. The van der Waals surface area contributed by atoms with Gasteiger partial charge in [-0.25, -0.2) is 0 Å². The number of aryl methyl sites for hydroxylation is 1. The van der Waals surface area contributed by atoms with Crippen LogP contribution in [-0.2, 0) is 4.79 Å². The third-order valence-electron chi connectivity index (χ3n) is 5.16. The number of benzene rings is 3. The lowest BCUT2D eigenvalue weighted by molar-refractivity contribution is -0.115. The smallest absolute Gasteiger partial charge is 0.255 e. The minimum Gasteiger partial charge on any atom is -0.494 e. The molecular weight excluding hydrogens is 408 g/mol. The van der Waals surface area contributed by atoms with Crippen molar-refractivity contribution in [3.05, 3.63) is 89.5 Å². The molecular formula is C25H24N2O3S. The molecule has 1 fully saturated rings. The third kappa shape index (κ3) is 4.44. The fraction of sp³-hybridized carbons (Fsp3) is 0.200. The summed E-state index contributed by atoms with van der Waals surface area (Å²) in [5.41, 5.74) is 3.96. The number of ether oxygens (including phenoxy) is 1. The maximum Gasteiger partial charge on any atom is 0.255 e. The Balaban J connectivity index is 1.63. The van der Waals surface area contributed by atoms with Crippen LogP contribution in [0.4, 0.5) is 11.4 Å². The second-order valence-electron chi connectivity index (χ2n) is 7.21. The van der Waals surface area contributed by atoms with Gasteiger partial charge in [-0.1, -0.05) is 36.4 Å². The molecule has 0 saturated carbocycles. The monoisotopic (exact) mass is 432 g/mol. The summed E-state index contributed by atoms with van der Waals surface area (Å²) in [5.74, 6) is 1.04. The van der Waals surface area contributed by atoms with Gasteiger partial charge in [0.1, 0.15) is 11.1 Å². The molecule has 0 bridgehead atoms. The Labute approximate surface area is 186 Å². The first kappa shape index (κ1) is 21.0. The molecule has 1 heterocycles. The van der Waals surface area contributed by atoms with E-state index in [0.717, 1.165) is 22.6 Å². The second kappa shape index (κ2) is 9.27. The normalized spacial score (nSPS) is 15.7. The highest BCUT2D eigenvalue weighted by Crippen LogP contribution is 2.44. The summed E-state index contributed by atoms with van der Waals surface area (Å²) < 4.78 is 5.52. The lowest BCUT2D eigenvalue weighted by Crippen LogP contribution is -2.28. The van der Waals surface area contributed by atoms with Crippen molar-refractivity contribution in [2.45, 2.75) is 19.2 Å². The van der Waals surface area contributed by atoms with Crippen LogP contribution in [-0.4, -0.2) is 24.2 Å². The van der Waals surface area contributed by atoms with Gasteiger partial charge < -0.3 is 10.1 Å². The van der Waals surface area contributed by atoms with Crippen molar-refractivity contribution < 1.29 is 14.3 Å². The van der Waals surface area contributed by atoms with E-state index in [1.807, 2.05) is 86.6 Å². The number of carbonyl (C=O) groups is 2. The van der Waals surface area contributed by atoms with E-state index >= 15 is 0 Å². The molecule has 0 aliphatic carbocycles. The van der Waals surface area contributed by atoms with Gasteiger partial charge in [-0.05, 0) is 55.8 Å². The van der Waals surface area contributed by atoms with Gasteiger partial charge in [-0.3, -0.25) is 14.5 Å². The van der Waals surface area contributed by atoms with Crippen LogP contribution in [0.5, 0.6) is 5.75 Å². The standard InChI is InChI=1S/C25H24N2O3S/c1-3-30-19-14-12-18(13-15-19)27-23(28)16-31-25(27)21-10-6-7-11-22(21)26-24(29)20-9-5-4-8-17(20)2/h4-15,25H,3,16H2,1-2H3,(H,26,29)/t25-/m1/s1. The number of thioether (sulfide) groups is 1. The third-order valence-corrected chi connectivity index (χ3v) is 6.35. The highest BCUT2D eigenvalue weighted by molar-refractivity contribution is 8.00. The number of hydrogen-bond acceptors (Lipinski definition) is 4. The molecule has 0 aromatic heterocycles. The molecule has 1 aliphatic rings. The van der Waals surface area contributed by atoms with Crippen molar-refractivity contribution in [2.75, 3.05) is 22.6 Å². The van der Waals surface area contributed by atoms with Crippen molar-refractivity contribution in [1.82, 2.24) is 0 Å². The van der Waals surface area contributed by atoms with Gasteiger partial charge in [-0.2, -0.15) is 0 Å². The van der Waals surface area contributed by atoms with Crippen LogP contribution >= 0.6 is 11.8 Å².